The molecule has 0 amide bonds. The topological polar surface area (TPSA) is 47.3 Å². The highest BCUT2D eigenvalue weighted by atomic mass is 16.3. The zero-order chi connectivity index (χ0) is 12.1. The predicted molar refractivity (Wildman–Crippen MR) is 63.3 cm³/mol. The third kappa shape index (κ3) is 2.91. The molecule has 0 fully saturated rings. The molecule has 1 aromatic heterocycles. The van der Waals surface area contributed by atoms with Crippen LogP contribution in [0, 0.1) is 0 Å². The van der Waals surface area contributed by atoms with Gasteiger partial charge in [-0.25, -0.2) is 0 Å². The van der Waals surface area contributed by atoms with Gasteiger partial charge in [0.25, 0.3) is 0 Å². The number of hydrogen-bond acceptors (Lipinski definition) is 3. The first-order valence-electron chi connectivity index (χ1n) is 5.40. The highest BCUT2D eigenvalue weighted by molar-refractivity contribution is 5.74. The quantitative estimate of drug-likeness (QED) is 0.739. The van der Waals surface area contributed by atoms with Crippen molar-refractivity contribution in [2.45, 2.75) is 12.8 Å². The number of benzene rings is 1. The van der Waals surface area contributed by atoms with E-state index in [1.807, 2.05) is 18.2 Å². The van der Waals surface area contributed by atoms with Crippen LogP contribution in [0.3, 0.4) is 0 Å². The van der Waals surface area contributed by atoms with Crippen LogP contribution >= 0.6 is 0 Å². The summed E-state index contributed by atoms with van der Waals surface area (Å²) in [7, 11) is 0. The van der Waals surface area contributed by atoms with Crippen molar-refractivity contribution in [3.05, 3.63) is 59.0 Å². The van der Waals surface area contributed by atoms with E-state index < -0.39 is 0 Å². The summed E-state index contributed by atoms with van der Waals surface area (Å²) in [6, 6.07) is 10.9. The Kier molecular flexibility index (Phi) is 3.50. The van der Waals surface area contributed by atoms with Crippen LogP contribution in [0.25, 0.3) is 0 Å². The Labute approximate surface area is 99.1 Å². The highest BCUT2D eigenvalue weighted by Crippen LogP contribution is 2.11. The zero-order valence-corrected chi connectivity index (χ0v) is 9.26. The predicted octanol–water partition coefficient (Wildman–Crippen LogP) is 2.69. The molecule has 0 unspecified atom stereocenters. The lowest BCUT2D eigenvalue weighted by Crippen LogP contribution is -1.90. The van der Waals surface area contributed by atoms with E-state index in [4.69, 9.17) is 4.42 Å². The minimum Gasteiger partial charge on any atom is -0.458 e. The Hall–Kier alpha value is -2.16. The van der Waals surface area contributed by atoms with E-state index in [1.54, 1.807) is 18.2 Å². The maximum absolute atomic E-state index is 10.5. The third-order valence-electron chi connectivity index (χ3n) is 2.57. The molecule has 0 atom stereocenters. The van der Waals surface area contributed by atoms with Crippen LogP contribution in [0.1, 0.15) is 32.2 Å². The van der Waals surface area contributed by atoms with Gasteiger partial charge in [0.2, 0.25) is 0 Å². The van der Waals surface area contributed by atoms with E-state index >= 15 is 0 Å². The van der Waals surface area contributed by atoms with Crippen molar-refractivity contribution in [3.8, 4) is 0 Å². The number of carbonyl (C=O) groups is 2. The highest BCUT2D eigenvalue weighted by Gasteiger charge is 2.01. The minimum atomic E-state index is 0.358. The van der Waals surface area contributed by atoms with E-state index in [1.165, 1.54) is 0 Å². The summed E-state index contributed by atoms with van der Waals surface area (Å²) in [5.74, 6) is 1.16. The Morgan fingerprint density at radius 1 is 0.882 bits per heavy atom. The van der Waals surface area contributed by atoms with Crippen LogP contribution in [0.2, 0.25) is 0 Å². The summed E-state index contributed by atoms with van der Waals surface area (Å²) in [4.78, 5) is 20.9. The second-order valence-corrected chi connectivity index (χ2v) is 3.78. The molecule has 0 aliphatic carbocycles. The molecule has 0 spiro atoms. The van der Waals surface area contributed by atoms with E-state index in [9.17, 15) is 9.59 Å². The van der Waals surface area contributed by atoms with E-state index in [0.717, 1.165) is 30.5 Å². The monoisotopic (exact) mass is 228 g/mol. The first-order valence-corrected chi connectivity index (χ1v) is 5.40. The Balaban J connectivity index is 1.96. The summed E-state index contributed by atoms with van der Waals surface area (Å²) in [5, 5.41) is 0. The van der Waals surface area contributed by atoms with Gasteiger partial charge in [0.05, 0.1) is 0 Å². The standard InChI is InChI=1S/C14H12O3/c15-9-12-3-1-11(2-4-12)5-6-13-7-8-14(10-16)17-13/h1-4,7-10H,5-6H2. The Bertz CT molecular complexity index is 509. The van der Waals surface area contributed by atoms with E-state index in [-0.39, 0.29) is 0 Å². The maximum atomic E-state index is 10.5. The number of hydrogen-bond donors (Lipinski definition) is 0. The van der Waals surface area contributed by atoms with Crippen molar-refractivity contribution in [1.29, 1.82) is 0 Å². The SMILES string of the molecule is O=Cc1ccc(CCc2ccc(C=O)o2)cc1. The molecule has 2 rings (SSSR count). The number of furan rings is 1. The van der Waals surface area contributed by atoms with E-state index in [2.05, 4.69) is 0 Å². The molecule has 0 N–H and O–H groups in total. The van der Waals surface area contributed by atoms with Crippen molar-refractivity contribution in [2.24, 2.45) is 0 Å². The van der Waals surface area contributed by atoms with Gasteiger partial charge in [-0.2, -0.15) is 0 Å². The third-order valence-corrected chi connectivity index (χ3v) is 2.57. The first-order chi connectivity index (χ1) is 8.31. The fourth-order valence-electron chi connectivity index (χ4n) is 1.62. The molecular weight excluding hydrogens is 216 g/mol. The van der Waals surface area contributed by atoms with Crippen LogP contribution in [0.4, 0.5) is 0 Å². The summed E-state index contributed by atoms with van der Waals surface area (Å²) in [5.41, 5.74) is 1.81. The van der Waals surface area contributed by atoms with Gasteiger partial charge in [0, 0.05) is 12.0 Å². The van der Waals surface area contributed by atoms with Crippen LogP contribution in [-0.2, 0) is 12.8 Å². The molecule has 0 aliphatic heterocycles. The lowest BCUT2D eigenvalue weighted by molar-refractivity contribution is 0.109. The molecular formula is C14H12O3. The van der Waals surface area contributed by atoms with Crippen LogP contribution < -0.4 is 0 Å². The van der Waals surface area contributed by atoms with Gasteiger partial charge >= 0.3 is 0 Å². The van der Waals surface area contributed by atoms with Gasteiger partial charge in [-0.1, -0.05) is 24.3 Å². The number of aryl methyl sites for hydroxylation is 2. The second-order valence-electron chi connectivity index (χ2n) is 3.78. The van der Waals surface area contributed by atoms with Gasteiger partial charge < -0.3 is 4.42 Å². The molecule has 3 heteroatoms. The molecule has 0 saturated carbocycles. The fourth-order valence-corrected chi connectivity index (χ4v) is 1.62. The molecule has 0 aliphatic rings. The van der Waals surface area contributed by atoms with Crippen molar-refractivity contribution in [3.63, 3.8) is 0 Å². The smallest absolute Gasteiger partial charge is 0.185 e. The molecule has 1 aromatic carbocycles. The van der Waals surface area contributed by atoms with Crippen LogP contribution in [0.15, 0.2) is 40.8 Å². The largest absolute Gasteiger partial charge is 0.458 e. The molecule has 0 saturated heterocycles. The number of aldehydes is 2. The van der Waals surface area contributed by atoms with Gasteiger partial charge in [-0.05, 0) is 24.1 Å². The summed E-state index contributed by atoms with van der Waals surface area (Å²) in [6.07, 6.45) is 3.09. The molecule has 86 valence electrons. The maximum Gasteiger partial charge on any atom is 0.185 e. The summed E-state index contributed by atoms with van der Waals surface area (Å²) >= 11 is 0. The van der Waals surface area contributed by atoms with Crippen molar-refractivity contribution in [1.82, 2.24) is 0 Å². The summed E-state index contributed by atoms with van der Waals surface area (Å²) in [6.45, 7) is 0. The fraction of sp³-hybridized carbons (Fsp3) is 0.143. The van der Waals surface area contributed by atoms with Crippen molar-refractivity contribution >= 4 is 12.6 Å². The molecule has 1 heterocycles. The van der Waals surface area contributed by atoms with Gasteiger partial charge in [-0.3, -0.25) is 9.59 Å². The molecule has 3 nitrogen and oxygen atoms in total. The molecule has 2 aromatic rings. The zero-order valence-electron chi connectivity index (χ0n) is 9.26. The van der Waals surface area contributed by atoms with Gasteiger partial charge in [0.1, 0.15) is 12.0 Å². The minimum absolute atomic E-state index is 0.358. The van der Waals surface area contributed by atoms with Crippen LogP contribution in [-0.4, -0.2) is 12.6 Å². The lowest BCUT2D eigenvalue weighted by atomic mass is 10.1. The van der Waals surface area contributed by atoms with Crippen LogP contribution in [0.5, 0.6) is 0 Å². The average molecular weight is 228 g/mol. The normalized spacial score (nSPS) is 10.1. The van der Waals surface area contributed by atoms with Gasteiger partial charge in [0.15, 0.2) is 12.0 Å². The molecule has 0 radical (unpaired) electrons. The van der Waals surface area contributed by atoms with Crippen molar-refractivity contribution < 1.29 is 14.0 Å². The number of carbonyl (C=O) groups excluding carboxylic acids is 2. The van der Waals surface area contributed by atoms with Crippen molar-refractivity contribution in [2.75, 3.05) is 0 Å². The molecule has 0 bridgehead atoms. The Morgan fingerprint density at radius 3 is 2.24 bits per heavy atom. The van der Waals surface area contributed by atoms with E-state index in [0.29, 0.717) is 17.6 Å². The first kappa shape index (κ1) is 11.3. The average Bonchev–Trinajstić information content (AvgIpc) is 2.85. The summed E-state index contributed by atoms with van der Waals surface area (Å²) < 4.78 is 5.28. The van der Waals surface area contributed by atoms with Gasteiger partial charge in [-0.15, -0.1) is 0 Å². The lowest BCUT2D eigenvalue weighted by Gasteiger charge is -1.99. The second kappa shape index (κ2) is 5.25. The molecule has 17 heavy (non-hydrogen) atoms. The number of rotatable bonds is 5. The Morgan fingerprint density at radius 2 is 1.65 bits per heavy atom.